The lowest BCUT2D eigenvalue weighted by atomic mass is 10.2. The average Bonchev–Trinajstić information content (AvgIpc) is 3.12. The molecule has 0 spiro atoms. The third kappa shape index (κ3) is 6.45. The van der Waals surface area contributed by atoms with E-state index < -0.39 is 27.4 Å². The largest absolute Gasteiger partial charge is 0.378 e. The van der Waals surface area contributed by atoms with Crippen molar-refractivity contribution < 1.29 is 22.9 Å². The molecular weight excluding hydrogens is 386 g/mol. The molecule has 156 valence electrons. The number of sulfonamides is 1. The SMILES string of the molecule is Cc1ccc([N+](=O)[O-])cc1N(CC(=O)NCCCOC1CCCC1)S(C)(=O)=O. The van der Waals surface area contributed by atoms with Crippen LogP contribution in [0.1, 0.15) is 37.7 Å². The van der Waals surface area contributed by atoms with Crippen molar-refractivity contribution in [2.24, 2.45) is 0 Å². The predicted molar refractivity (Wildman–Crippen MR) is 106 cm³/mol. The number of nitro benzene ring substituents is 1. The molecule has 0 heterocycles. The van der Waals surface area contributed by atoms with Gasteiger partial charge in [-0.2, -0.15) is 0 Å². The van der Waals surface area contributed by atoms with Gasteiger partial charge in [0, 0.05) is 25.3 Å². The highest BCUT2D eigenvalue weighted by molar-refractivity contribution is 7.92. The molecule has 1 aliphatic rings. The molecule has 0 aromatic heterocycles. The first kappa shape index (κ1) is 22.1. The molecule has 10 heteroatoms. The van der Waals surface area contributed by atoms with E-state index in [1.807, 2.05) is 0 Å². The highest BCUT2D eigenvalue weighted by atomic mass is 32.2. The first-order valence-electron chi connectivity index (χ1n) is 9.29. The highest BCUT2D eigenvalue weighted by Crippen LogP contribution is 2.27. The minimum atomic E-state index is -3.80. The van der Waals surface area contributed by atoms with Gasteiger partial charge in [0.25, 0.3) is 5.69 Å². The van der Waals surface area contributed by atoms with Crippen LogP contribution in [0.5, 0.6) is 0 Å². The first-order chi connectivity index (χ1) is 13.2. The summed E-state index contributed by atoms with van der Waals surface area (Å²) >= 11 is 0. The Balaban J connectivity index is 1.94. The van der Waals surface area contributed by atoms with E-state index in [1.165, 1.54) is 31.0 Å². The van der Waals surface area contributed by atoms with E-state index in [4.69, 9.17) is 4.74 Å². The standard InChI is InChI=1S/C18H27N3O6S/c1-14-8-9-15(21(23)24)12-17(14)20(28(2,25)26)13-18(22)19-10-5-11-27-16-6-3-4-7-16/h8-9,12,16H,3-7,10-11,13H2,1-2H3,(H,19,22). The van der Waals surface area contributed by atoms with Crippen molar-refractivity contribution in [1.29, 1.82) is 0 Å². The van der Waals surface area contributed by atoms with Gasteiger partial charge in [-0.05, 0) is 31.7 Å². The molecule has 1 saturated carbocycles. The van der Waals surface area contributed by atoms with E-state index in [0.29, 0.717) is 31.2 Å². The second kappa shape index (κ2) is 9.83. The van der Waals surface area contributed by atoms with Crippen molar-refractivity contribution in [3.63, 3.8) is 0 Å². The van der Waals surface area contributed by atoms with Crippen LogP contribution < -0.4 is 9.62 Å². The molecule has 1 aliphatic carbocycles. The lowest BCUT2D eigenvalue weighted by Gasteiger charge is -2.23. The van der Waals surface area contributed by atoms with Crippen LogP contribution >= 0.6 is 0 Å². The normalized spacial score (nSPS) is 14.8. The number of hydrogen-bond acceptors (Lipinski definition) is 6. The summed E-state index contributed by atoms with van der Waals surface area (Å²) < 4.78 is 31.0. The number of carbonyl (C=O) groups excluding carboxylic acids is 1. The third-order valence-corrected chi connectivity index (χ3v) is 5.79. The monoisotopic (exact) mass is 413 g/mol. The van der Waals surface area contributed by atoms with Gasteiger partial charge in [-0.3, -0.25) is 19.2 Å². The Morgan fingerprint density at radius 1 is 1.36 bits per heavy atom. The molecule has 0 unspecified atom stereocenters. The van der Waals surface area contributed by atoms with Gasteiger partial charge in [0.05, 0.1) is 23.0 Å². The van der Waals surface area contributed by atoms with Gasteiger partial charge in [0.1, 0.15) is 6.54 Å². The van der Waals surface area contributed by atoms with Crippen LogP contribution in [-0.2, 0) is 19.6 Å². The second-order valence-electron chi connectivity index (χ2n) is 6.98. The summed E-state index contributed by atoms with van der Waals surface area (Å²) in [5, 5.41) is 13.7. The van der Waals surface area contributed by atoms with E-state index in [0.717, 1.165) is 23.4 Å². The van der Waals surface area contributed by atoms with Gasteiger partial charge in [-0.1, -0.05) is 18.9 Å². The Bertz CT molecular complexity index is 806. The van der Waals surface area contributed by atoms with Crippen LogP contribution in [0.3, 0.4) is 0 Å². The van der Waals surface area contributed by atoms with Crippen LogP contribution in [0.15, 0.2) is 18.2 Å². The van der Waals surface area contributed by atoms with Crippen molar-refractivity contribution in [3.8, 4) is 0 Å². The van der Waals surface area contributed by atoms with E-state index in [9.17, 15) is 23.3 Å². The Morgan fingerprint density at radius 2 is 2.04 bits per heavy atom. The zero-order chi connectivity index (χ0) is 20.7. The molecule has 1 aromatic carbocycles. The van der Waals surface area contributed by atoms with Gasteiger partial charge in [0.15, 0.2) is 0 Å². The molecule has 1 aromatic rings. The molecule has 1 amide bonds. The average molecular weight is 413 g/mol. The van der Waals surface area contributed by atoms with E-state index in [2.05, 4.69) is 5.32 Å². The molecule has 0 radical (unpaired) electrons. The van der Waals surface area contributed by atoms with Gasteiger partial charge in [-0.15, -0.1) is 0 Å². The smallest absolute Gasteiger partial charge is 0.271 e. The van der Waals surface area contributed by atoms with Gasteiger partial charge in [0.2, 0.25) is 15.9 Å². The zero-order valence-corrected chi connectivity index (χ0v) is 17.0. The minimum Gasteiger partial charge on any atom is -0.378 e. The summed E-state index contributed by atoms with van der Waals surface area (Å²) in [5.41, 5.74) is 0.406. The fourth-order valence-electron chi connectivity index (χ4n) is 3.15. The van der Waals surface area contributed by atoms with Crippen LogP contribution in [0.2, 0.25) is 0 Å². The molecule has 28 heavy (non-hydrogen) atoms. The summed E-state index contributed by atoms with van der Waals surface area (Å²) in [6, 6.07) is 3.92. The topological polar surface area (TPSA) is 119 Å². The molecule has 1 fully saturated rings. The number of amides is 1. The highest BCUT2D eigenvalue weighted by Gasteiger charge is 2.24. The lowest BCUT2D eigenvalue weighted by Crippen LogP contribution is -2.41. The first-order valence-corrected chi connectivity index (χ1v) is 11.1. The summed E-state index contributed by atoms with van der Waals surface area (Å²) in [4.78, 5) is 22.6. The Kier molecular flexibility index (Phi) is 7.76. The third-order valence-electron chi connectivity index (χ3n) is 4.66. The van der Waals surface area contributed by atoms with Crippen molar-refractivity contribution in [2.75, 3.05) is 30.3 Å². The Morgan fingerprint density at radius 3 is 2.64 bits per heavy atom. The summed E-state index contributed by atoms with van der Waals surface area (Å²) in [6.45, 7) is 2.11. The van der Waals surface area contributed by atoms with Crippen LogP contribution in [-0.4, -0.2) is 51.3 Å². The van der Waals surface area contributed by atoms with Crippen LogP contribution in [0, 0.1) is 17.0 Å². The maximum atomic E-state index is 12.2. The maximum absolute atomic E-state index is 12.2. The number of nitrogens with one attached hydrogen (secondary N) is 1. The molecule has 9 nitrogen and oxygen atoms in total. The van der Waals surface area contributed by atoms with E-state index in [-0.39, 0.29) is 11.4 Å². The lowest BCUT2D eigenvalue weighted by molar-refractivity contribution is -0.384. The number of rotatable bonds is 10. The quantitative estimate of drug-likeness (QED) is 0.357. The van der Waals surface area contributed by atoms with Crippen molar-refractivity contribution in [3.05, 3.63) is 33.9 Å². The molecule has 0 atom stereocenters. The molecule has 0 aliphatic heterocycles. The number of nitro groups is 1. The maximum Gasteiger partial charge on any atom is 0.271 e. The molecule has 0 saturated heterocycles. The zero-order valence-electron chi connectivity index (χ0n) is 16.2. The minimum absolute atomic E-state index is 0.122. The predicted octanol–water partition coefficient (Wildman–Crippen LogP) is 2.13. The second-order valence-corrected chi connectivity index (χ2v) is 8.89. The fraction of sp³-hybridized carbons (Fsp3) is 0.611. The van der Waals surface area contributed by atoms with Crippen molar-refractivity contribution >= 4 is 27.3 Å². The number of ether oxygens (including phenoxy) is 1. The number of hydrogen-bond donors (Lipinski definition) is 1. The van der Waals surface area contributed by atoms with Gasteiger partial charge in [-0.25, -0.2) is 8.42 Å². The Hall–Kier alpha value is -2.20. The molecular formula is C18H27N3O6S. The fourth-order valence-corrected chi connectivity index (χ4v) is 4.06. The number of aryl methyl sites for hydroxylation is 1. The van der Waals surface area contributed by atoms with E-state index in [1.54, 1.807) is 6.92 Å². The molecule has 2 rings (SSSR count). The molecule has 0 bridgehead atoms. The van der Waals surface area contributed by atoms with Gasteiger partial charge < -0.3 is 10.1 Å². The van der Waals surface area contributed by atoms with Crippen LogP contribution in [0.25, 0.3) is 0 Å². The van der Waals surface area contributed by atoms with Gasteiger partial charge >= 0.3 is 0 Å². The van der Waals surface area contributed by atoms with Crippen LogP contribution in [0.4, 0.5) is 11.4 Å². The summed E-state index contributed by atoms with van der Waals surface area (Å²) in [6.07, 6.45) is 6.47. The number of benzene rings is 1. The number of non-ortho nitro benzene ring substituents is 1. The van der Waals surface area contributed by atoms with Crippen molar-refractivity contribution in [2.45, 2.75) is 45.1 Å². The number of anilines is 1. The number of carbonyl (C=O) groups is 1. The van der Waals surface area contributed by atoms with Crippen molar-refractivity contribution in [1.82, 2.24) is 5.32 Å². The van der Waals surface area contributed by atoms with E-state index >= 15 is 0 Å². The summed E-state index contributed by atoms with van der Waals surface area (Å²) in [5.74, 6) is -0.475. The summed E-state index contributed by atoms with van der Waals surface area (Å²) in [7, 11) is -3.80. The molecule has 1 N–H and O–H groups in total. The Labute approximate surface area is 165 Å². The number of nitrogens with zero attached hydrogens (tertiary/aromatic N) is 2.